The average molecular weight is 260 g/mol. The topological polar surface area (TPSA) is 38.1 Å². The van der Waals surface area contributed by atoms with Crippen molar-refractivity contribution >= 4 is 0 Å². The van der Waals surface area contributed by atoms with Crippen LogP contribution in [0.1, 0.15) is 51.0 Å². The van der Waals surface area contributed by atoms with E-state index in [2.05, 4.69) is 30.4 Å². The van der Waals surface area contributed by atoms with Crippen LogP contribution in [0.2, 0.25) is 0 Å². The van der Waals surface area contributed by atoms with Crippen molar-refractivity contribution in [2.45, 2.75) is 58.5 Å². The van der Waals surface area contributed by atoms with Crippen molar-refractivity contribution < 1.29 is 4.52 Å². The molecule has 2 unspecified atom stereocenters. The normalized spacial score (nSPS) is 34.2. The maximum Gasteiger partial charge on any atom is 0.133 e. The van der Waals surface area contributed by atoms with Gasteiger partial charge < -0.3 is 9.84 Å². The summed E-state index contributed by atoms with van der Waals surface area (Å²) < 4.78 is 5.13. The van der Waals surface area contributed by atoms with Crippen molar-refractivity contribution in [2.75, 3.05) is 0 Å². The second-order valence-electron chi connectivity index (χ2n) is 6.82. The molecule has 0 amide bonds. The molecule has 0 radical (unpaired) electrons. The Morgan fingerprint density at radius 3 is 2.95 bits per heavy atom. The van der Waals surface area contributed by atoms with E-state index in [4.69, 9.17) is 4.52 Å². The number of rotatable bonds is 3. The number of nitrogens with zero attached hydrogens (tertiary/aromatic N) is 1. The number of hydrogen-bond acceptors (Lipinski definition) is 3. The van der Waals surface area contributed by atoms with Crippen molar-refractivity contribution in [2.24, 2.45) is 11.8 Å². The van der Waals surface area contributed by atoms with Crippen LogP contribution in [-0.4, -0.2) is 10.7 Å². The third-order valence-corrected chi connectivity index (χ3v) is 4.48. The van der Waals surface area contributed by atoms with Gasteiger partial charge in [0.2, 0.25) is 0 Å². The number of fused-ring (bicyclic) bond motifs is 4. The van der Waals surface area contributed by atoms with Gasteiger partial charge in [-0.15, -0.1) is 0 Å². The molecule has 0 saturated heterocycles. The fraction of sp³-hybridized carbons (Fsp3) is 0.688. The SMILES string of the molecule is Cc1cc(CNC2(C)C=C3CC(C3)CC(C)C2)no1. The van der Waals surface area contributed by atoms with Crippen molar-refractivity contribution in [3.63, 3.8) is 0 Å². The molecule has 1 saturated carbocycles. The van der Waals surface area contributed by atoms with E-state index in [9.17, 15) is 0 Å². The Balaban J connectivity index is 1.69. The summed E-state index contributed by atoms with van der Waals surface area (Å²) in [7, 11) is 0. The Morgan fingerprint density at radius 2 is 2.26 bits per heavy atom. The fourth-order valence-corrected chi connectivity index (χ4v) is 3.77. The van der Waals surface area contributed by atoms with Crippen molar-refractivity contribution in [3.05, 3.63) is 29.2 Å². The minimum Gasteiger partial charge on any atom is -0.361 e. The minimum atomic E-state index is 0.104. The van der Waals surface area contributed by atoms with Crippen LogP contribution in [0.4, 0.5) is 0 Å². The van der Waals surface area contributed by atoms with E-state index in [1.165, 1.54) is 25.7 Å². The van der Waals surface area contributed by atoms with Gasteiger partial charge in [0.15, 0.2) is 0 Å². The van der Waals surface area contributed by atoms with E-state index in [0.29, 0.717) is 0 Å². The Kier molecular flexibility index (Phi) is 3.25. The highest BCUT2D eigenvalue weighted by Crippen LogP contribution is 2.43. The highest BCUT2D eigenvalue weighted by atomic mass is 16.5. The van der Waals surface area contributed by atoms with Gasteiger partial charge in [0.1, 0.15) is 5.76 Å². The summed E-state index contributed by atoms with van der Waals surface area (Å²) >= 11 is 0. The lowest BCUT2D eigenvalue weighted by molar-refractivity contribution is 0.242. The summed E-state index contributed by atoms with van der Waals surface area (Å²) in [5.41, 5.74) is 2.74. The molecule has 3 aliphatic rings. The highest BCUT2D eigenvalue weighted by Gasteiger charge is 2.34. The molecule has 3 nitrogen and oxygen atoms in total. The predicted octanol–water partition coefficient (Wildman–Crippen LogP) is 3.60. The van der Waals surface area contributed by atoms with E-state index in [0.717, 1.165) is 29.8 Å². The smallest absolute Gasteiger partial charge is 0.133 e. The molecule has 1 aromatic rings. The van der Waals surface area contributed by atoms with Crippen LogP contribution >= 0.6 is 0 Å². The number of aryl methyl sites for hydroxylation is 1. The van der Waals surface area contributed by atoms with Crippen molar-refractivity contribution in [1.82, 2.24) is 10.5 Å². The molecule has 2 bridgehead atoms. The van der Waals surface area contributed by atoms with E-state index in [-0.39, 0.29) is 5.54 Å². The molecule has 0 aliphatic heterocycles. The summed E-state index contributed by atoms with van der Waals surface area (Å²) in [6, 6.07) is 2.01. The monoisotopic (exact) mass is 260 g/mol. The molecule has 104 valence electrons. The van der Waals surface area contributed by atoms with Crippen molar-refractivity contribution in [1.29, 1.82) is 0 Å². The van der Waals surface area contributed by atoms with Gasteiger partial charge in [-0.3, -0.25) is 0 Å². The summed E-state index contributed by atoms with van der Waals surface area (Å²) in [4.78, 5) is 0. The maximum atomic E-state index is 5.13. The summed E-state index contributed by atoms with van der Waals surface area (Å²) in [5.74, 6) is 2.64. The number of allylic oxidation sites excluding steroid dienone is 1. The van der Waals surface area contributed by atoms with Gasteiger partial charge in [-0.25, -0.2) is 0 Å². The van der Waals surface area contributed by atoms with Gasteiger partial charge in [0.05, 0.1) is 5.69 Å². The summed E-state index contributed by atoms with van der Waals surface area (Å²) in [5, 5.41) is 7.74. The largest absolute Gasteiger partial charge is 0.361 e. The number of nitrogens with one attached hydrogen (secondary N) is 1. The quantitative estimate of drug-likeness (QED) is 0.844. The highest BCUT2D eigenvalue weighted by molar-refractivity contribution is 5.22. The number of hydrogen-bond donors (Lipinski definition) is 1. The molecule has 3 heteroatoms. The van der Waals surface area contributed by atoms with E-state index in [1.807, 2.05) is 13.0 Å². The molecule has 4 rings (SSSR count). The van der Waals surface area contributed by atoms with Crippen LogP contribution in [0.25, 0.3) is 0 Å². The Labute approximate surface area is 115 Å². The lowest BCUT2D eigenvalue weighted by Gasteiger charge is -2.41. The first-order chi connectivity index (χ1) is 9.02. The molecule has 1 aromatic heterocycles. The molecule has 2 atom stereocenters. The van der Waals surface area contributed by atoms with Gasteiger partial charge in [-0.2, -0.15) is 0 Å². The Hall–Kier alpha value is -1.09. The summed E-state index contributed by atoms with van der Waals surface area (Å²) in [6.45, 7) is 7.43. The van der Waals surface area contributed by atoms with Crippen LogP contribution in [0.15, 0.2) is 22.2 Å². The molecule has 1 heterocycles. The second kappa shape index (κ2) is 4.78. The molecule has 19 heavy (non-hydrogen) atoms. The molecular weight excluding hydrogens is 236 g/mol. The first-order valence-electron chi connectivity index (χ1n) is 7.40. The van der Waals surface area contributed by atoms with Crippen LogP contribution < -0.4 is 5.32 Å². The van der Waals surface area contributed by atoms with Gasteiger partial charge in [0.25, 0.3) is 0 Å². The Bertz CT molecular complexity index is 483. The standard InChI is InChI=1S/C16H24N2O/c1-11-4-13-6-14(7-13)9-16(3,8-11)17-10-15-5-12(2)19-18-15/h5,9,11,13,17H,4,6-8,10H2,1-3H3. The van der Waals surface area contributed by atoms with Gasteiger partial charge in [-0.1, -0.05) is 23.7 Å². The van der Waals surface area contributed by atoms with Gasteiger partial charge in [-0.05, 0) is 51.4 Å². The fourth-order valence-electron chi connectivity index (χ4n) is 3.77. The van der Waals surface area contributed by atoms with Crippen LogP contribution in [0, 0.1) is 18.8 Å². The first kappa shape index (κ1) is 12.9. The molecule has 1 N–H and O–H groups in total. The first-order valence-corrected chi connectivity index (χ1v) is 7.40. The molecule has 0 aromatic carbocycles. The van der Waals surface area contributed by atoms with Crippen LogP contribution in [-0.2, 0) is 6.54 Å². The molecule has 3 aliphatic carbocycles. The molecule has 0 spiro atoms. The summed E-state index contributed by atoms with van der Waals surface area (Å²) in [6.07, 6.45) is 7.73. The Morgan fingerprint density at radius 1 is 1.47 bits per heavy atom. The van der Waals surface area contributed by atoms with Crippen LogP contribution in [0.5, 0.6) is 0 Å². The van der Waals surface area contributed by atoms with Gasteiger partial charge >= 0.3 is 0 Å². The predicted molar refractivity (Wildman–Crippen MR) is 75.7 cm³/mol. The van der Waals surface area contributed by atoms with E-state index in [1.54, 1.807) is 5.57 Å². The zero-order chi connectivity index (χ0) is 13.5. The van der Waals surface area contributed by atoms with Gasteiger partial charge in [0, 0.05) is 18.2 Å². The molecular formula is C16H24N2O. The van der Waals surface area contributed by atoms with Crippen LogP contribution in [0.3, 0.4) is 0 Å². The number of aromatic nitrogens is 1. The average Bonchev–Trinajstić information content (AvgIpc) is 2.67. The lowest BCUT2D eigenvalue weighted by Crippen LogP contribution is -2.44. The lowest BCUT2D eigenvalue weighted by atomic mass is 9.68. The minimum absolute atomic E-state index is 0.104. The zero-order valence-electron chi connectivity index (χ0n) is 12.2. The van der Waals surface area contributed by atoms with E-state index < -0.39 is 0 Å². The molecule has 1 fully saturated rings. The second-order valence-corrected chi connectivity index (χ2v) is 6.82. The van der Waals surface area contributed by atoms with Crippen molar-refractivity contribution in [3.8, 4) is 0 Å². The third kappa shape index (κ3) is 2.92. The van der Waals surface area contributed by atoms with E-state index >= 15 is 0 Å². The zero-order valence-corrected chi connectivity index (χ0v) is 12.2. The third-order valence-electron chi connectivity index (χ3n) is 4.48. The maximum absolute atomic E-state index is 5.13.